The molecule has 27 heavy (non-hydrogen) atoms. The van der Waals surface area contributed by atoms with E-state index in [0.29, 0.717) is 0 Å². The summed E-state index contributed by atoms with van der Waals surface area (Å²) in [6.07, 6.45) is 13.6. The van der Waals surface area contributed by atoms with E-state index in [9.17, 15) is 16.8 Å². The van der Waals surface area contributed by atoms with E-state index in [-0.39, 0.29) is 11.5 Å². The highest BCUT2D eigenvalue weighted by Crippen LogP contribution is 1.83. The molecule has 0 heterocycles. The maximum absolute atomic E-state index is 10.0. The van der Waals surface area contributed by atoms with E-state index < -0.39 is 19.9 Å². The number of allylic oxidation sites excluding steroid dienone is 2. The first-order chi connectivity index (χ1) is 12.3. The molecular weight excluding hydrogens is 402 g/mol. The lowest BCUT2D eigenvalue weighted by Gasteiger charge is -1.81. The van der Waals surface area contributed by atoms with Crippen molar-refractivity contribution in [1.29, 1.82) is 0 Å². The number of primary sulfonamides is 1. The van der Waals surface area contributed by atoms with Crippen LogP contribution in [0.1, 0.15) is 54.4 Å². The van der Waals surface area contributed by atoms with Crippen LogP contribution in [0.15, 0.2) is 25.3 Å². The van der Waals surface area contributed by atoms with Crippen LogP contribution in [0.5, 0.6) is 0 Å². The molecule has 8 heteroatoms. The number of terminal acetylenes is 1. The van der Waals surface area contributed by atoms with Crippen LogP contribution in [0, 0.1) is 12.3 Å². The van der Waals surface area contributed by atoms with Crippen LogP contribution in [0.25, 0.3) is 0 Å². The van der Waals surface area contributed by atoms with E-state index in [4.69, 9.17) is 6.42 Å². The summed E-state index contributed by atoms with van der Waals surface area (Å²) in [6.45, 7) is 18.0. The highest BCUT2D eigenvalue weighted by atomic mass is 32.2. The van der Waals surface area contributed by atoms with Crippen molar-refractivity contribution in [2.75, 3.05) is 29.8 Å². The molecule has 0 aliphatic carbocycles. The summed E-state index contributed by atoms with van der Waals surface area (Å²) >= 11 is 1.86. The molecule has 0 saturated heterocycles. The number of hydrogen-bond acceptors (Lipinski definition) is 5. The third-order valence-electron chi connectivity index (χ3n) is 1.71. The Bertz CT molecular complexity index is 472. The summed E-state index contributed by atoms with van der Waals surface area (Å²) in [5.74, 6) is 3.93. The van der Waals surface area contributed by atoms with Gasteiger partial charge >= 0.3 is 0 Å². The van der Waals surface area contributed by atoms with E-state index >= 15 is 0 Å². The van der Waals surface area contributed by atoms with Crippen LogP contribution in [-0.2, 0) is 19.9 Å². The minimum absolute atomic E-state index is 0.0208. The SMILES string of the molecule is C#CCC.C=CC.C=CCC.CCS(C)(=O)=O.CCS(N)(=O)=O.CCSC. The normalized spacial score (nSPS) is 8.44. The smallest absolute Gasteiger partial charge is 0.208 e. The first kappa shape index (κ1) is 40.8. The van der Waals surface area contributed by atoms with Crippen molar-refractivity contribution in [3.05, 3.63) is 25.3 Å². The van der Waals surface area contributed by atoms with Crippen LogP contribution in [-0.4, -0.2) is 46.6 Å². The van der Waals surface area contributed by atoms with Gasteiger partial charge in [0.1, 0.15) is 9.84 Å². The molecule has 0 aliphatic heterocycles. The van der Waals surface area contributed by atoms with Gasteiger partial charge in [0, 0.05) is 18.4 Å². The highest BCUT2D eigenvalue weighted by molar-refractivity contribution is 7.98. The molecule has 0 unspecified atom stereocenters. The van der Waals surface area contributed by atoms with Crippen molar-refractivity contribution < 1.29 is 16.8 Å². The van der Waals surface area contributed by atoms with Crippen molar-refractivity contribution in [3.63, 3.8) is 0 Å². The molecule has 0 bridgehead atoms. The molecule has 166 valence electrons. The summed E-state index contributed by atoms with van der Waals surface area (Å²) in [5.41, 5.74) is 0. The van der Waals surface area contributed by atoms with Gasteiger partial charge < -0.3 is 0 Å². The molecule has 0 aromatic rings. The van der Waals surface area contributed by atoms with E-state index in [1.807, 2.05) is 31.7 Å². The maximum Gasteiger partial charge on any atom is 0.208 e. The van der Waals surface area contributed by atoms with Gasteiger partial charge in [0.15, 0.2) is 0 Å². The molecule has 0 rings (SSSR count). The number of sulfone groups is 1. The Morgan fingerprint density at radius 2 is 1.22 bits per heavy atom. The van der Waals surface area contributed by atoms with Gasteiger partial charge in [-0.25, -0.2) is 22.0 Å². The number of sulfonamides is 1. The predicted octanol–water partition coefficient (Wildman–Crippen LogP) is 4.52. The zero-order valence-corrected chi connectivity index (χ0v) is 21.1. The van der Waals surface area contributed by atoms with Crippen LogP contribution >= 0.6 is 11.8 Å². The Kier molecular flexibility index (Phi) is 54.7. The monoisotopic (exact) mass is 445 g/mol. The Balaban J connectivity index is -0.0000000499. The zero-order valence-electron chi connectivity index (χ0n) is 18.6. The Morgan fingerprint density at radius 1 is 1.04 bits per heavy atom. The molecule has 0 aromatic heterocycles. The second kappa shape index (κ2) is 36.2. The molecule has 0 spiro atoms. The Labute approximate surface area is 175 Å². The topological polar surface area (TPSA) is 94.3 Å². The summed E-state index contributed by atoms with van der Waals surface area (Å²) in [6, 6.07) is 0. The average Bonchev–Trinajstić information content (AvgIpc) is 2.62. The van der Waals surface area contributed by atoms with Crippen molar-refractivity contribution in [2.24, 2.45) is 5.14 Å². The second-order valence-corrected chi connectivity index (χ2v) is 9.89. The lowest BCUT2D eigenvalue weighted by atomic mass is 10.5. The number of rotatable bonds is 4. The van der Waals surface area contributed by atoms with Gasteiger partial charge in [0.25, 0.3) is 0 Å². The second-order valence-electron chi connectivity index (χ2n) is 4.41. The minimum atomic E-state index is -3.16. The van der Waals surface area contributed by atoms with Gasteiger partial charge in [0.2, 0.25) is 10.0 Å². The van der Waals surface area contributed by atoms with E-state index in [1.165, 1.54) is 18.9 Å². The maximum atomic E-state index is 10.0. The third-order valence-corrected chi connectivity index (χ3v) is 4.14. The number of hydrogen-bond donors (Lipinski definition) is 1. The molecule has 0 radical (unpaired) electrons. The fraction of sp³-hybridized carbons (Fsp3) is 0.684. The number of thioether (sulfide) groups is 1. The van der Waals surface area contributed by atoms with Gasteiger partial charge in [-0.15, -0.1) is 25.5 Å². The van der Waals surface area contributed by atoms with Gasteiger partial charge in [0.05, 0.1) is 5.75 Å². The molecule has 0 atom stereocenters. The molecule has 2 N–H and O–H groups in total. The first-order valence-corrected chi connectivity index (χ1v) is 13.7. The van der Waals surface area contributed by atoms with Crippen LogP contribution in [0.3, 0.4) is 0 Å². The summed E-state index contributed by atoms with van der Waals surface area (Å²) < 4.78 is 39.6. The highest BCUT2D eigenvalue weighted by Gasteiger charge is 1.91. The minimum Gasteiger partial charge on any atom is -0.229 e. The van der Waals surface area contributed by atoms with Crippen LogP contribution in [0.2, 0.25) is 0 Å². The molecule has 0 amide bonds. The molecule has 0 fully saturated rings. The molecular formula is C19H43NO4S3. The molecule has 0 saturated carbocycles. The first-order valence-electron chi connectivity index (χ1n) is 8.56. The van der Waals surface area contributed by atoms with Crippen LogP contribution < -0.4 is 5.14 Å². The fourth-order valence-electron chi connectivity index (χ4n) is 0. The summed E-state index contributed by atoms with van der Waals surface area (Å²) in [7, 11) is -5.82. The lowest BCUT2D eigenvalue weighted by Crippen LogP contribution is -2.13. The van der Waals surface area contributed by atoms with Gasteiger partial charge in [-0.2, -0.15) is 11.8 Å². The van der Waals surface area contributed by atoms with E-state index in [2.05, 4.69) is 44.3 Å². The Morgan fingerprint density at radius 3 is 1.22 bits per heavy atom. The van der Waals surface area contributed by atoms with Crippen molar-refractivity contribution in [2.45, 2.75) is 54.4 Å². The summed E-state index contributed by atoms with van der Waals surface area (Å²) in [4.78, 5) is 0. The van der Waals surface area contributed by atoms with E-state index in [1.54, 1.807) is 13.0 Å². The molecule has 0 aliphatic rings. The average molecular weight is 446 g/mol. The largest absolute Gasteiger partial charge is 0.229 e. The standard InChI is InChI=1S/C4H8.C4H6.C3H8O2S.C3H8S.C3H6.C2H7NO2S/c2*1-3-4-2;1-3-6(2,4)5;1-3-4-2;1-3-2;1-2-6(3,4)5/h3H,1,4H2,2H3;1H,4H2,2H3;3H2,1-2H3;3H2,1-2H3;3H,1H2,2H3;2H2,1H3,(H2,3,4,5). The zero-order chi connectivity index (χ0) is 23.4. The van der Waals surface area contributed by atoms with Crippen molar-refractivity contribution >= 4 is 31.6 Å². The predicted molar refractivity (Wildman–Crippen MR) is 129 cm³/mol. The van der Waals surface area contributed by atoms with Gasteiger partial charge in [-0.05, 0) is 32.3 Å². The Hall–Kier alpha value is -0.750. The number of nitrogens with two attached hydrogens (primary N) is 1. The summed E-state index contributed by atoms with van der Waals surface area (Å²) in [5, 5.41) is 4.51. The van der Waals surface area contributed by atoms with Crippen molar-refractivity contribution in [3.8, 4) is 12.3 Å². The van der Waals surface area contributed by atoms with E-state index in [0.717, 1.165) is 12.8 Å². The van der Waals surface area contributed by atoms with Gasteiger partial charge in [-0.3, -0.25) is 0 Å². The third kappa shape index (κ3) is 201. The lowest BCUT2D eigenvalue weighted by molar-refractivity contribution is 0.598. The molecule has 5 nitrogen and oxygen atoms in total. The van der Waals surface area contributed by atoms with Crippen molar-refractivity contribution in [1.82, 2.24) is 0 Å². The van der Waals surface area contributed by atoms with Crippen LogP contribution in [0.4, 0.5) is 0 Å². The van der Waals surface area contributed by atoms with Gasteiger partial charge in [-0.1, -0.05) is 39.8 Å². The molecule has 0 aromatic carbocycles. The fourth-order valence-corrected chi connectivity index (χ4v) is 0. The quantitative estimate of drug-likeness (QED) is 0.507.